The van der Waals surface area contributed by atoms with E-state index < -0.39 is 0 Å². The summed E-state index contributed by atoms with van der Waals surface area (Å²) in [6, 6.07) is 5.94. The molecule has 0 radical (unpaired) electrons. The molecule has 100 valence electrons. The molecule has 1 aliphatic carbocycles. The molecular formula is C15H20BrClO. The second-order valence-corrected chi connectivity index (χ2v) is 6.38. The van der Waals surface area contributed by atoms with Crippen molar-refractivity contribution in [2.24, 2.45) is 5.41 Å². The van der Waals surface area contributed by atoms with Gasteiger partial charge in [0.25, 0.3) is 0 Å². The first-order chi connectivity index (χ1) is 8.65. The van der Waals surface area contributed by atoms with Crippen molar-refractivity contribution < 1.29 is 4.74 Å². The van der Waals surface area contributed by atoms with Crippen LogP contribution in [0.2, 0.25) is 5.02 Å². The van der Waals surface area contributed by atoms with Crippen LogP contribution in [-0.2, 0) is 0 Å². The van der Waals surface area contributed by atoms with E-state index in [0.29, 0.717) is 10.4 Å². The first-order valence-electron chi connectivity index (χ1n) is 6.60. The van der Waals surface area contributed by atoms with Crippen molar-refractivity contribution in [3.8, 4) is 5.75 Å². The monoisotopic (exact) mass is 330 g/mol. The molecule has 0 bridgehead atoms. The molecule has 1 aromatic rings. The molecule has 0 atom stereocenters. The van der Waals surface area contributed by atoms with Crippen LogP contribution in [0.5, 0.6) is 5.75 Å². The number of hydrogen-bond acceptors (Lipinski definition) is 1. The molecule has 1 saturated carbocycles. The summed E-state index contributed by atoms with van der Waals surface area (Å²) in [6.45, 7) is 2.82. The fourth-order valence-electron chi connectivity index (χ4n) is 2.57. The molecule has 0 aromatic heterocycles. The highest BCUT2D eigenvalue weighted by Crippen LogP contribution is 2.39. The highest BCUT2D eigenvalue weighted by atomic mass is 79.9. The van der Waals surface area contributed by atoms with Crippen LogP contribution in [0.15, 0.2) is 18.2 Å². The summed E-state index contributed by atoms with van der Waals surface area (Å²) >= 11 is 9.83. The molecule has 0 aliphatic heterocycles. The lowest BCUT2D eigenvalue weighted by Crippen LogP contribution is -2.32. The van der Waals surface area contributed by atoms with Gasteiger partial charge in [-0.25, -0.2) is 0 Å². The summed E-state index contributed by atoms with van der Waals surface area (Å²) < 4.78 is 5.99. The Morgan fingerprint density at radius 2 is 2.00 bits per heavy atom. The van der Waals surface area contributed by atoms with Crippen LogP contribution >= 0.6 is 27.5 Å². The number of rotatable bonds is 4. The van der Waals surface area contributed by atoms with E-state index in [0.717, 1.165) is 17.7 Å². The van der Waals surface area contributed by atoms with Crippen molar-refractivity contribution in [3.05, 3.63) is 28.8 Å². The van der Waals surface area contributed by atoms with Crippen LogP contribution in [0.3, 0.4) is 0 Å². The maximum Gasteiger partial charge on any atom is 0.138 e. The number of halogens is 2. The Balaban J connectivity index is 2.03. The number of hydrogen-bond donors (Lipinski definition) is 0. The Kier molecular flexibility index (Phi) is 4.97. The fraction of sp³-hybridized carbons (Fsp3) is 0.600. The third kappa shape index (κ3) is 3.42. The lowest BCUT2D eigenvalue weighted by molar-refractivity contribution is 0.122. The molecule has 1 aromatic carbocycles. The molecule has 0 unspecified atom stereocenters. The Labute approximate surface area is 123 Å². The van der Waals surface area contributed by atoms with E-state index in [2.05, 4.69) is 22.9 Å². The molecule has 2 rings (SSSR count). The van der Waals surface area contributed by atoms with Gasteiger partial charge < -0.3 is 4.74 Å². The van der Waals surface area contributed by atoms with Crippen molar-refractivity contribution in [2.75, 3.05) is 11.9 Å². The highest BCUT2D eigenvalue weighted by molar-refractivity contribution is 9.09. The molecule has 1 nitrogen and oxygen atoms in total. The van der Waals surface area contributed by atoms with Gasteiger partial charge in [0.1, 0.15) is 5.75 Å². The van der Waals surface area contributed by atoms with Gasteiger partial charge >= 0.3 is 0 Å². The van der Waals surface area contributed by atoms with Gasteiger partial charge in [-0.15, -0.1) is 0 Å². The minimum Gasteiger partial charge on any atom is -0.491 e. The summed E-state index contributed by atoms with van der Waals surface area (Å²) in [6.07, 6.45) is 6.50. The first-order valence-corrected chi connectivity index (χ1v) is 8.10. The van der Waals surface area contributed by atoms with Crippen LogP contribution in [-0.4, -0.2) is 11.9 Å². The van der Waals surface area contributed by atoms with Crippen LogP contribution in [0.4, 0.5) is 0 Å². The largest absolute Gasteiger partial charge is 0.491 e. The van der Waals surface area contributed by atoms with Crippen LogP contribution in [0.1, 0.15) is 37.7 Å². The van der Waals surface area contributed by atoms with Gasteiger partial charge in [0.05, 0.1) is 11.6 Å². The Bertz CT molecular complexity index is 399. The normalized spacial score (nSPS) is 18.6. The number of aryl methyl sites for hydroxylation is 1. The maximum atomic E-state index is 6.17. The summed E-state index contributed by atoms with van der Waals surface area (Å²) in [5.41, 5.74) is 1.48. The van der Waals surface area contributed by atoms with Crippen molar-refractivity contribution >= 4 is 27.5 Å². The second kappa shape index (κ2) is 6.29. The van der Waals surface area contributed by atoms with E-state index >= 15 is 0 Å². The molecule has 0 spiro atoms. The van der Waals surface area contributed by atoms with Crippen molar-refractivity contribution in [3.63, 3.8) is 0 Å². The van der Waals surface area contributed by atoms with E-state index in [1.807, 2.05) is 18.2 Å². The van der Waals surface area contributed by atoms with Gasteiger partial charge in [-0.1, -0.05) is 52.9 Å². The standard InChI is InChI=1S/C15H20BrClO/c1-12-5-6-13(17)14(9-12)18-11-15(10-16)7-3-2-4-8-15/h5-6,9H,2-4,7-8,10-11H2,1H3. The van der Waals surface area contributed by atoms with E-state index in [9.17, 15) is 0 Å². The van der Waals surface area contributed by atoms with Gasteiger partial charge in [-0.2, -0.15) is 0 Å². The zero-order valence-electron chi connectivity index (χ0n) is 10.8. The molecule has 1 fully saturated rings. The average Bonchev–Trinajstić information content (AvgIpc) is 2.41. The average molecular weight is 332 g/mol. The van der Waals surface area contributed by atoms with Gasteiger partial charge in [0.2, 0.25) is 0 Å². The minimum atomic E-state index is 0.297. The molecule has 0 heterocycles. The molecule has 0 N–H and O–H groups in total. The van der Waals surface area contributed by atoms with Gasteiger partial charge in [0.15, 0.2) is 0 Å². The third-order valence-electron chi connectivity index (χ3n) is 3.82. The van der Waals surface area contributed by atoms with Crippen molar-refractivity contribution in [1.82, 2.24) is 0 Å². The predicted molar refractivity (Wildman–Crippen MR) is 81.0 cm³/mol. The van der Waals surface area contributed by atoms with Crippen molar-refractivity contribution in [1.29, 1.82) is 0 Å². The molecule has 3 heteroatoms. The first kappa shape index (κ1) is 14.2. The number of alkyl halides is 1. The highest BCUT2D eigenvalue weighted by Gasteiger charge is 2.32. The smallest absolute Gasteiger partial charge is 0.138 e. The summed E-state index contributed by atoms with van der Waals surface area (Å²) in [5.74, 6) is 0.822. The third-order valence-corrected chi connectivity index (χ3v) is 5.32. The summed E-state index contributed by atoms with van der Waals surface area (Å²) in [5, 5.41) is 1.73. The summed E-state index contributed by atoms with van der Waals surface area (Å²) in [7, 11) is 0. The lowest BCUT2D eigenvalue weighted by atomic mass is 9.76. The number of benzene rings is 1. The van der Waals surface area contributed by atoms with Gasteiger partial charge in [-0.3, -0.25) is 0 Å². The van der Waals surface area contributed by atoms with E-state index in [-0.39, 0.29) is 0 Å². The van der Waals surface area contributed by atoms with Gasteiger partial charge in [0, 0.05) is 10.7 Å². The van der Waals surface area contributed by atoms with Gasteiger partial charge in [-0.05, 0) is 37.5 Å². The molecule has 1 aliphatic rings. The van der Waals surface area contributed by atoms with Crippen LogP contribution in [0.25, 0.3) is 0 Å². The maximum absolute atomic E-state index is 6.17. The topological polar surface area (TPSA) is 9.23 Å². The zero-order chi connectivity index (χ0) is 13.0. The quantitative estimate of drug-likeness (QED) is 0.674. The SMILES string of the molecule is Cc1ccc(Cl)c(OCC2(CBr)CCCCC2)c1. The van der Waals surface area contributed by atoms with E-state index in [4.69, 9.17) is 16.3 Å². The Hall–Kier alpha value is -0.210. The Morgan fingerprint density at radius 1 is 1.28 bits per heavy atom. The van der Waals surface area contributed by atoms with Crippen LogP contribution in [0, 0.1) is 12.3 Å². The van der Waals surface area contributed by atoms with E-state index in [1.54, 1.807) is 0 Å². The zero-order valence-corrected chi connectivity index (χ0v) is 13.2. The molecule has 0 saturated heterocycles. The lowest BCUT2D eigenvalue weighted by Gasteiger charge is -2.35. The number of ether oxygens (including phenoxy) is 1. The van der Waals surface area contributed by atoms with Crippen molar-refractivity contribution in [2.45, 2.75) is 39.0 Å². The molecule has 18 heavy (non-hydrogen) atoms. The molecule has 0 amide bonds. The predicted octanol–water partition coefficient (Wildman–Crippen LogP) is 5.37. The van der Waals surface area contributed by atoms with Crippen LogP contribution < -0.4 is 4.74 Å². The fourth-order valence-corrected chi connectivity index (χ4v) is 3.47. The Morgan fingerprint density at radius 3 is 2.67 bits per heavy atom. The second-order valence-electron chi connectivity index (χ2n) is 5.42. The minimum absolute atomic E-state index is 0.297. The summed E-state index contributed by atoms with van der Waals surface area (Å²) in [4.78, 5) is 0. The molecular weight excluding hydrogens is 312 g/mol. The van der Waals surface area contributed by atoms with E-state index in [1.165, 1.54) is 37.7 Å².